The highest BCUT2D eigenvalue weighted by molar-refractivity contribution is 5.89. The minimum Gasteiger partial charge on any atom is -0.489 e. The van der Waals surface area contributed by atoms with Crippen LogP contribution >= 0.6 is 0 Å². The predicted octanol–water partition coefficient (Wildman–Crippen LogP) is 3.14. The monoisotopic (exact) mass is 356 g/mol. The van der Waals surface area contributed by atoms with Crippen LogP contribution in [0, 0.1) is 0 Å². The average Bonchev–Trinajstić information content (AvgIpc) is 2.68. The summed E-state index contributed by atoms with van der Waals surface area (Å²) in [5.41, 5.74) is 1.78. The summed E-state index contributed by atoms with van der Waals surface area (Å²) in [5.74, 6) is 0.707. The lowest BCUT2D eigenvalue weighted by molar-refractivity contribution is -0.0925. The van der Waals surface area contributed by atoms with E-state index in [-0.39, 0.29) is 12.1 Å². The lowest BCUT2D eigenvalue weighted by Gasteiger charge is -2.27. The fourth-order valence-electron chi connectivity index (χ4n) is 2.65. The van der Waals surface area contributed by atoms with Crippen LogP contribution in [0.2, 0.25) is 0 Å². The van der Waals surface area contributed by atoms with Crippen LogP contribution in [0.25, 0.3) is 0 Å². The van der Waals surface area contributed by atoms with Gasteiger partial charge >= 0.3 is 6.03 Å². The molecule has 1 saturated heterocycles. The Labute approximate surface area is 153 Å². The van der Waals surface area contributed by atoms with Gasteiger partial charge in [-0.3, -0.25) is 0 Å². The Hall–Kier alpha value is -2.57. The maximum absolute atomic E-state index is 12.4. The van der Waals surface area contributed by atoms with Gasteiger partial charge in [-0.1, -0.05) is 36.4 Å². The highest BCUT2D eigenvalue weighted by Crippen LogP contribution is 2.19. The number of likely N-dealkylation sites (N-methyl/N-ethyl adjacent to an activating group) is 1. The third-order valence-electron chi connectivity index (χ3n) is 4.04. The summed E-state index contributed by atoms with van der Waals surface area (Å²) in [6.45, 7) is 2.66. The molecule has 0 aromatic heterocycles. The van der Waals surface area contributed by atoms with Gasteiger partial charge in [-0.15, -0.1) is 0 Å². The zero-order valence-corrected chi connectivity index (χ0v) is 14.9. The molecule has 1 atom stereocenters. The first-order chi connectivity index (χ1) is 12.7. The molecule has 2 amide bonds. The third kappa shape index (κ3) is 5.47. The number of carbonyl (C=O) groups is 1. The number of urea groups is 1. The summed E-state index contributed by atoms with van der Waals surface area (Å²) < 4.78 is 16.7. The van der Waals surface area contributed by atoms with Gasteiger partial charge in [-0.25, -0.2) is 4.79 Å². The largest absolute Gasteiger partial charge is 0.489 e. The van der Waals surface area contributed by atoms with E-state index < -0.39 is 0 Å². The van der Waals surface area contributed by atoms with Crippen LogP contribution in [0.15, 0.2) is 54.6 Å². The number of amides is 2. The van der Waals surface area contributed by atoms with Crippen molar-refractivity contribution in [1.82, 2.24) is 4.90 Å². The quantitative estimate of drug-likeness (QED) is 0.864. The van der Waals surface area contributed by atoms with E-state index in [1.807, 2.05) is 54.6 Å². The molecule has 3 rings (SSSR count). The molecule has 0 radical (unpaired) electrons. The molecule has 2 aromatic carbocycles. The maximum atomic E-state index is 12.4. The van der Waals surface area contributed by atoms with E-state index in [2.05, 4.69) is 5.32 Å². The van der Waals surface area contributed by atoms with Gasteiger partial charge < -0.3 is 24.4 Å². The minimum absolute atomic E-state index is 0.0833. The zero-order chi connectivity index (χ0) is 18.2. The predicted molar refractivity (Wildman–Crippen MR) is 99.4 cm³/mol. The van der Waals surface area contributed by atoms with Crippen LogP contribution in [0.3, 0.4) is 0 Å². The first-order valence-corrected chi connectivity index (χ1v) is 8.69. The number of carbonyl (C=O) groups excluding carboxylic acids is 1. The topological polar surface area (TPSA) is 60.0 Å². The number of nitrogens with one attached hydrogen (secondary N) is 1. The molecule has 6 heteroatoms. The lowest BCUT2D eigenvalue weighted by atomic mass is 10.2. The van der Waals surface area contributed by atoms with E-state index in [1.54, 1.807) is 11.9 Å². The van der Waals surface area contributed by atoms with Gasteiger partial charge in [0.1, 0.15) is 12.4 Å². The third-order valence-corrected chi connectivity index (χ3v) is 4.04. The number of rotatable bonds is 6. The summed E-state index contributed by atoms with van der Waals surface area (Å²) in [6.07, 6.45) is -0.0833. The van der Waals surface area contributed by atoms with Crippen molar-refractivity contribution in [3.63, 3.8) is 0 Å². The van der Waals surface area contributed by atoms with Crippen molar-refractivity contribution in [2.45, 2.75) is 12.7 Å². The molecule has 0 bridgehead atoms. The second-order valence-corrected chi connectivity index (χ2v) is 6.18. The SMILES string of the molecule is CN(CC1COCCO1)C(=O)Nc1cccc(OCc2ccccc2)c1. The van der Waals surface area contributed by atoms with Gasteiger partial charge in [0.2, 0.25) is 0 Å². The Kier molecular flexibility index (Phi) is 6.46. The van der Waals surface area contributed by atoms with E-state index in [4.69, 9.17) is 14.2 Å². The highest BCUT2D eigenvalue weighted by Gasteiger charge is 2.19. The van der Waals surface area contributed by atoms with E-state index in [9.17, 15) is 4.79 Å². The van der Waals surface area contributed by atoms with E-state index in [1.165, 1.54) is 0 Å². The van der Waals surface area contributed by atoms with Gasteiger partial charge in [-0.05, 0) is 17.7 Å². The summed E-state index contributed by atoms with van der Waals surface area (Å²) in [6, 6.07) is 17.1. The first-order valence-electron chi connectivity index (χ1n) is 8.69. The van der Waals surface area contributed by atoms with Crippen molar-refractivity contribution in [3.8, 4) is 5.75 Å². The van der Waals surface area contributed by atoms with Crippen LogP contribution in [-0.2, 0) is 16.1 Å². The molecule has 2 aromatic rings. The number of ether oxygens (including phenoxy) is 3. The van der Waals surface area contributed by atoms with E-state index >= 15 is 0 Å². The Bertz CT molecular complexity index is 702. The maximum Gasteiger partial charge on any atom is 0.321 e. The zero-order valence-electron chi connectivity index (χ0n) is 14.9. The van der Waals surface area contributed by atoms with Crippen LogP contribution in [0.4, 0.5) is 10.5 Å². The normalized spacial score (nSPS) is 16.7. The first kappa shape index (κ1) is 18.2. The molecule has 1 aliphatic heterocycles. The smallest absolute Gasteiger partial charge is 0.321 e. The standard InChI is InChI=1S/C20H24N2O4/c1-22(13-19-15-24-10-11-25-19)20(23)21-17-8-5-9-18(12-17)26-14-16-6-3-2-4-7-16/h2-9,12,19H,10-11,13-15H2,1H3,(H,21,23). The second kappa shape index (κ2) is 9.22. The number of nitrogens with zero attached hydrogens (tertiary/aromatic N) is 1. The molecule has 1 N–H and O–H groups in total. The van der Waals surface area contributed by atoms with Crippen LogP contribution in [0.1, 0.15) is 5.56 Å². The number of hydrogen-bond acceptors (Lipinski definition) is 4. The van der Waals surface area contributed by atoms with Crippen LogP contribution in [0.5, 0.6) is 5.75 Å². The summed E-state index contributed by atoms with van der Waals surface area (Å²) in [4.78, 5) is 13.9. The van der Waals surface area contributed by atoms with E-state index in [0.717, 1.165) is 5.56 Å². The Morgan fingerprint density at radius 2 is 2.04 bits per heavy atom. The molecule has 0 spiro atoms. The molecule has 1 aliphatic rings. The van der Waals surface area contributed by atoms with Gasteiger partial charge in [0.05, 0.1) is 32.5 Å². The average molecular weight is 356 g/mol. The fourth-order valence-corrected chi connectivity index (χ4v) is 2.65. The molecular weight excluding hydrogens is 332 g/mol. The fraction of sp³-hybridized carbons (Fsp3) is 0.350. The van der Waals surface area contributed by atoms with Gasteiger partial charge in [0, 0.05) is 18.8 Å². The molecule has 0 aliphatic carbocycles. The van der Waals surface area contributed by atoms with E-state index in [0.29, 0.717) is 44.4 Å². The number of hydrogen-bond donors (Lipinski definition) is 1. The molecule has 6 nitrogen and oxygen atoms in total. The molecular formula is C20H24N2O4. The summed E-state index contributed by atoms with van der Waals surface area (Å²) in [7, 11) is 1.74. The Morgan fingerprint density at radius 3 is 2.81 bits per heavy atom. The summed E-state index contributed by atoms with van der Waals surface area (Å²) in [5, 5.41) is 2.88. The van der Waals surface area contributed by atoms with Crippen molar-refractivity contribution in [3.05, 3.63) is 60.2 Å². The van der Waals surface area contributed by atoms with Gasteiger partial charge in [0.25, 0.3) is 0 Å². The van der Waals surface area contributed by atoms with Crippen molar-refractivity contribution < 1.29 is 19.0 Å². The number of benzene rings is 2. The molecule has 1 heterocycles. The molecule has 1 unspecified atom stereocenters. The van der Waals surface area contributed by atoms with Crippen LogP contribution < -0.4 is 10.1 Å². The summed E-state index contributed by atoms with van der Waals surface area (Å²) >= 11 is 0. The molecule has 1 fully saturated rings. The highest BCUT2D eigenvalue weighted by atomic mass is 16.6. The number of anilines is 1. The second-order valence-electron chi connectivity index (χ2n) is 6.18. The van der Waals surface area contributed by atoms with Crippen LogP contribution in [-0.4, -0.2) is 50.4 Å². The Morgan fingerprint density at radius 1 is 1.19 bits per heavy atom. The van der Waals surface area contributed by atoms with Gasteiger partial charge in [-0.2, -0.15) is 0 Å². The lowest BCUT2D eigenvalue weighted by Crippen LogP contribution is -2.42. The molecule has 138 valence electrons. The van der Waals surface area contributed by atoms with Crippen molar-refractivity contribution in [1.29, 1.82) is 0 Å². The van der Waals surface area contributed by atoms with Crippen molar-refractivity contribution in [2.75, 3.05) is 38.7 Å². The van der Waals surface area contributed by atoms with Crippen molar-refractivity contribution >= 4 is 11.7 Å². The van der Waals surface area contributed by atoms with Crippen molar-refractivity contribution in [2.24, 2.45) is 0 Å². The Balaban J connectivity index is 1.51. The minimum atomic E-state index is -0.195. The molecule has 0 saturated carbocycles. The molecule has 26 heavy (non-hydrogen) atoms. The van der Waals surface area contributed by atoms with Gasteiger partial charge in [0.15, 0.2) is 0 Å².